The molecule has 0 saturated heterocycles. The van der Waals surface area contributed by atoms with Crippen LogP contribution in [0.25, 0.3) is 0 Å². The van der Waals surface area contributed by atoms with E-state index in [1.165, 1.54) is 14.0 Å². The molecular weight excluding hydrogens is 188 g/mol. The first-order chi connectivity index (χ1) is 6.52. The van der Waals surface area contributed by atoms with Gasteiger partial charge in [0.2, 0.25) is 0 Å². The summed E-state index contributed by atoms with van der Waals surface area (Å²) in [6.45, 7) is 3.27. The molecular formula is C9H14O5. The quantitative estimate of drug-likeness (QED) is 0.474. The van der Waals surface area contributed by atoms with Crippen molar-refractivity contribution < 1.29 is 23.9 Å². The molecule has 0 saturated carbocycles. The lowest BCUT2D eigenvalue weighted by atomic mass is 10.0. The molecule has 0 aliphatic carbocycles. The minimum Gasteiger partial charge on any atom is -0.469 e. The minimum atomic E-state index is -0.908. The summed E-state index contributed by atoms with van der Waals surface area (Å²) in [5.41, 5.74) is 0. The van der Waals surface area contributed by atoms with Gasteiger partial charge in [0, 0.05) is 0 Å². The van der Waals surface area contributed by atoms with Crippen LogP contribution in [0, 0.1) is 5.92 Å². The first kappa shape index (κ1) is 12.6. The van der Waals surface area contributed by atoms with Gasteiger partial charge in [-0.2, -0.15) is 0 Å². The normalized spacial score (nSPS) is 11.6. The number of rotatable bonds is 5. The van der Waals surface area contributed by atoms with Crippen molar-refractivity contribution >= 4 is 17.7 Å². The van der Waals surface area contributed by atoms with Gasteiger partial charge >= 0.3 is 11.9 Å². The molecule has 0 rings (SSSR count). The Morgan fingerprint density at radius 3 is 2.29 bits per heavy atom. The number of carbonyl (C=O) groups excluding carboxylic acids is 3. The van der Waals surface area contributed by atoms with Crippen LogP contribution in [0.2, 0.25) is 0 Å². The highest BCUT2D eigenvalue weighted by atomic mass is 16.5. The summed E-state index contributed by atoms with van der Waals surface area (Å²) in [5.74, 6) is -2.66. The highest BCUT2D eigenvalue weighted by Crippen LogP contribution is 2.04. The summed E-state index contributed by atoms with van der Waals surface area (Å²) < 4.78 is 8.93. The Morgan fingerprint density at radius 1 is 1.29 bits per heavy atom. The molecule has 0 aromatic rings. The maximum Gasteiger partial charge on any atom is 0.316 e. The van der Waals surface area contributed by atoms with Crippen molar-refractivity contribution in [1.29, 1.82) is 0 Å². The molecule has 0 fully saturated rings. The van der Waals surface area contributed by atoms with Gasteiger partial charge in [0.1, 0.15) is 12.3 Å². The molecule has 1 atom stereocenters. The summed E-state index contributed by atoms with van der Waals surface area (Å²) in [6.07, 6.45) is -0.392. The Bertz CT molecular complexity index is 233. The van der Waals surface area contributed by atoms with E-state index >= 15 is 0 Å². The van der Waals surface area contributed by atoms with E-state index in [1.54, 1.807) is 6.92 Å². The van der Waals surface area contributed by atoms with E-state index in [9.17, 15) is 14.4 Å². The number of hydrogen-bond donors (Lipinski definition) is 0. The molecule has 0 N–H and O–H groups in total. The van der Waals surface area contributed by atoms with Crippen LogP contribution >= 0.6 is 0 Å². The van der Waals surface area contributed by atoms with Gasteiger partial charge in [-0.1, -0.05) is 0 Å². The fourth-order valence-corrected chi connectivity index (χ4v) is 0.766. The van der Waals surface area contributed by atoms with E-state index in [4.69, 9.17) is 0 Å². The predicted molar refractivity (Wildman–Crippen MR) is 47.4 cm³/mol. The highest BCUT2D eigenvalue weighted by molar-refractivity contribution is 6.05. The lowest BCUT2D eigenvalue weighted by Gasteiger charge is -2.08. The summed E-state index contributed by atoms with van der Waals surface area (Å²) >= 11 is 0. The number of hydrogen-bond acceptors (Lipinski definition) is 5. The molecule has 14 heavy (non-hydrogen) atoms. The van der Waals surface area contributed by atoms with Crippen LogP contribution in [0.1, 0.15) is 20.3 Å². The molecule has 0 aromatic heterocycles. The van der Waals surface area contributed by atoms with Gasteiger partial charge in [-0.25, -0.2) is 0 Å². The van der Waals surface area contributed by atoms with Gasteiger partial charge < -0.3 is 9.47 Å². The molecule has 0 aromatic carbocycles. The standard InChI is InChI=1S/C9H14O5/c1-4-14-9(12)6(2)7(10)5-8(11)13-3/h6H,4-5H2,1-3H3. The fraction of sp³-hybridized carbons (Fsp3) is 0.667. The van der Waals surface area contributed by atoms with E-state index < -0.39 is 30.1 Å². The van der Waals surface area contributed by atoms with Crippen LogP contribution in [0.5, 0.6) is 0 Å². The SMILES string of the molecule is CCOC(=O)C(C)C(=O)CC(=O)OC. The van der Waals surface area contributed by atoms with E-state index in [0.29, 0.717) is 0 Å². The van der Waals surface area contributed by atoms with E-state index in [-0.39, 0.29) is 6.61 Å². The van der Waals surface area contributed by atoms with Crippen LogP contribution < -0.4 is 0 Å². The predicted octanol–water partition coefficient (Wildman–Crippen LogP) is 0.318. The van der Waals surface area contributed by atoms with Crippen LogP contribution in [0.3, 0.4) is 0 Å². The first-order valence-corrected chi connectivity index (χ1v) is 4.29. The van der Waals surface area contributed by atoms with Crippen LogP contribution in [0.15, 0.2) is 0 Å². The zero-order chi connectivity index (χ0) is 11.1. The van der Waals surface area contributed by atoms with Crippen molar-refractivity contribution in [2.75, 3.05) is 13.7 Å². The van der Waals surface area contributed by atoms with Crippen LogP contribution in [0.4, 0.5) is 0 Å². The van der Waals surface area contributed by atoms with Crippen molar-refractivity contribution in [1.82, 2.24) is 0 Å². The minimum absolute atomic E-state index is 0.217. The van der Waals surface area contributed by atoms with Crippen LogP contribution in [-0.4, -0.2) is 31.4 Å². The summed E-state index contributed by atoms with van der Waals surface area (Å²) in [5, 5.41) is 0. The highest BCUT2D eigenvalue weighted by Gasteiger charge is 2.24. The lowest BCUT2D eigenvalue weighted by molar-refractivity contribution is -0.152. The van der Waals surface area contributed by atoms with Gasteiger partial charge in [0.15, 0.2) is 5.78 Å². The Labute approximate surface area is 82.4 Å². The second-order valence-electron chi connectivity index (χ2n) is 2.69. The average Bonchev–Trinajstić information content (AvgIpc) is 2.16. The van der Waals surface area contributed by atoms with E-state index in [2.05, 4.69) is 9.47 Å². The third-order valence-corrected chi connectivity index (χ3v) is 1.67. The van der Waals surface area contributed by atoms with Gasteiger partial charge in [-0.05, 0) is 13.8 Å². The van der Waals surface area contributed by atoms with Crippen molar-refractivity contribution in [3.63, 3.8) is 0 Å². The Kier molecular flexibility index (Phi) is 5.52. The maximum atomic E-state index is 11.2. The lowest BCUT2D eigenvalue weighted by Crippen LogP contribution is -2.25. The van der Waals surface area contributed by atoms with Crippen molar-refractivity contribution in [3.8, 4) is 0 Å². The number of ether oxygens (including phenoxy) is 2. The smallest absolute Gasteiger partial charge is 0.316 e. The summed E-state index contributed by atoms with van der Waals surface area (Å²) in [7, 11) is 1.19. The molecule has 5 nitrogen and oxygen atoms in total. The Morgan fingerprint density at radius 2 is 1.86 bits per heavy atom. The molecule has 0 aliphatic heterocycles. The molecule has 0 bridgehead atoms. The second kappa shape index (κ2) is 6.12. The monoisotopic (exact) mass is 202 g/mol. The van der Waals surface area contributed by atoms with Gasteiger partial charge in [0.05, 0.1) is 13.7 Å². The van der Waals surface area contributed by atoms with E-state index in [1.807, 2.05) is 0 Å². The molecule has 80 valence electrons. The first-order valence-electron chi connectivity index (χ1n) is 4.29. The molecule has 0 spiro atoms. The third kappa shape index (κ3) is 4.02. The number of Topliss-reactive ketones (excluding diaryl/α,β-unsaturated/α-hetero) is 1. The second-order valence-corrected chi connectivity index (χ2v) is 2.69. The molecule has 0 amide bonds. The molecule has 0 radical (unpaired) electrons. The maximum absolute atomic E-state index is 11.2. The largest absolute Gasteiger partial charge is 0.469 e. The molecule has 5 heteroatoms. The van der Waals surface area contributed by atoms with Gasteiger partial charge in [-0.15, -0.1) is 0 Å². The number of methoxy groups -OCH3 is 1. The molecule has 0 heterocycles. The third-order valence-electron chi connectivity index (χ3n) is 1.67. The Balaban J connectivity index is 4.11. The van der Waals surface area contributed by atoms with Gasteiger partial charge in [-0.3, -0.25) is 14.4 Å². The summed E-state index contributed by atoms with van der Waals surface area (Å²) in [6, 6.07) is 0. The topological polar surface area (TPSA) is 69.7 Å². The zero-order valence-electron chi connectivity index (χ0n) is 8.53. The van der Waals surface area contributed by atoms with Crippen LogP contribution in [-0.2, 0) is 23.9 Å². The van der Waals surface area contributed by atoms with Crippen molar-refractivity contribution in [2.24, 2.45) is 5.92 Å². The Hall–Kier alpha value is -1.39. The van der Waals surface area contributed by atoms with Crippen molar-refractivity contribution in [2.45, 2.75) is 20.3 Å². The number of esters is 2. The molecule has 0 aliphatic rings. The van der Waals surface area contributed by atoms with Gasteiger partial charge in [0.25, 0.3) is 0 Å². The molecule has 1 unspecified atom stereocenters. The van der Waals surface area contributed by atoms with Crippen molar-refractivity contribution in [3.05, 3.63) is 0 Å². The summed E-state index contributed by atoms with van der Waals surface area (Å²) in [4.78, 5) is 33.0. The number of carbonyl (C=O) groups is 3. The fourth-order valence-electron chi connectivity index (χ4n) is 0.766. The number of ketones is 1. The zero-order valence-corrected chi connectivity index (χ0v) is 8.53. The van der Waals surface area contributed by atoms with E-state index in [0.717, 1.165) is 0 Å². The average molecular weight is 202 g/mol.